The molecule has 3 aromatic rings. The van der Waals surface area contributed by atoms with Crippen molar-refractivity contribution in [1.82, 2.24) is 4.98 Å². The lowest BCUT2D eigenvalue weighted by molar-refractivity contribution is -0.137. The molecule has 1 aromatic heterocycles. The summed E-state index contributed by atoms with van der Waals surface area (Å²) in [5.41, 5.74) is 1.97. The zero-order chi connectivity index (χ0) is 16.6. The SMILES string of the molecule is CC(SN)c1ccc2nc(-c3ccc(C(F)(F)F)cc3)sc2c1. The Bertz CT molecular complexity index is 825. The molecule has 0 saturated carbocycles. The molecule has 0 spiro atoms. The topological polar surface area (TPSA) is 38.9 Å². The number of halogens is 3. The van der Waals surface area contributed by atoms with Crippen molar-refractivity contribution in [3.05, 3.63) is 53.6 Å². The van der Waals surface area contributed by atoms with Gasteiger partial charge in [-0.1, -0.05) is 30.1 Å². The van der Waals surface area contributed by atoms with Crippen molar-refractivity contribution in [2.75, 3.05) is 0 Å². The van der Waals surface area contributed by atoms with Crippen LogP contribution in [0.25, 0.3) is 20.8 Å². The van der Waals surface area contributed by atoms with E-state index in [1.807, 2.05) is 25.1 Å². The number of fused-ring (bicyclic) bond motifs is 1. The van der Waals surface area contributed by atoms with Crippen LogP contribution in [0.2, 0.25) is 0 Å². The van der Waals surface area contributed by atoms with E-state index in [0.29, 0.717) is 10.6 Å². The molecule has 2 nitrogen and oxygen atoms in total. The lowest BCUT2D eigenvalue weighted by Crippen LogP contribution is -2.03. The zero-order valence-corrected chi connectivity index (χ0v) is 13.7. The van der Waals surface area contributed by atoms with E-state index in [0.717, 1.165) is 27.9 Å². The monoisotopic (exact) mass is 354 g/mol. The van der Waals surface area contributed by atoms with Gasteiger partial charge in [-0.2, -0.15) is 13.2 Å². The summed E-state index contributed by atoms with van der Waals surface area (Å²) in [7, 11) is 0. The van der Waals surface area contributed by atoms with Crippen molar-refractivity contribution in [3.63, 3.8) is 0 Å². The van der Waals surface area contributed by atoms with Gasteiger partial charge in [0, 0.05) is 10.8 Å². The first kappa shape index (κ1) is 16.3. The Hall–Kier alpha value is -1.57. The van der Waals surface area contributed by atoms with Gasteiger partial charge in [0.05, 0.1) is 15.8 Å². The Morgan fingerprint density at radius 2 is 1.83 bits per heavy atom. The van der Waals surface area contributed by atoms with Gasteiger partial charge in [0.1, 0.15) is 5.01 Å². The van der Waals surface area contributed by atoms with E-state index in [-0.39, 0.29) is 5.25 Å². The first-order valence-corrected chi connectivity index (χ1v) is 8.58. The summed E-state index contributed by atoms with van der Waals surface area (Å²) in [6.45, 7) is 2.02. The Labute approximate surface area is 139 Å². The largest absolute Gasteiger partial charge is 0.416 e. The number of benzene rings is 2. The molecular weight excluding hydrogens is 341 g/mol. The van der Waals surface area contributed by atoms with Gasteiger partial charge in [0.2, 0.25) is 0 Å². The summed E-state index contributed by atoms with van der Waals surface area (Å²) in [4.78, 5) is 4.50. The second kappa shape index (κ2) is 6.14. The zero-order valence-electron chi connectivity index (χ0n) is 12.1. The first-order chi connectivity index (χ1) is 10.9. The van der Waals surface area contributed by atoms with E-state index in [1.54, 1.807) is 0 Å². The molecule has 23 heavy (non-hydrogen) atoms. The predicted molar refractivity (Wildman–Crippen MR) is 90.3 cm³/mol. The Kier molecular flexibility index (Phi) is 4.35. The van der Waals surface area contributed by atoms with E-state index in [9.17, 15) is 13.2 Å². The number of hydrogen-bond acceptors (Lipinski definition) is 4. The smallest absolute Gasteiger partial charge is 0.277 e. The fourth-order valence-electron chi connectivity index (χ4n) is 2.20. The number of nitrogens with two attached hydrogens (primary N) is 1. The van der Waals surface area contributed by atoms with Gasteiger partial charge in [0.15, 0.2) is 0 Å². The van der Waals surface area contributed by atoms with Gasteiger partial charge in [-0.3, -0.25) is 5.14 Å². The second-order valence-electron chi connectivity index (χ2n) is 5.10. The summed E-state index contributed by atoms with van der Waals surface area (Å²) in [6.07, 6.45) is -4.32. The van der Waals surface area contributed by atoms with Crippen molar-refractivity contribution < 1.29 is 13.2 Å². The summed E-state index contributed by atoms with van der Waals surface area (Å²) >= 11 is 2.73. The van der Waals surface area contributed by atoms with Crippen molar-refractivity contribution in [3.8, 4) is 10.6 Å². The maximum Gasteiger partial charge on any atom is 0.416 e. The van der Waals surface area contributed by atoms with Gasteiger partial charge in [-0.05, 0) is 36.8 Å². The fraction of sp³-hybridized carbons (Fsp3) is 0.188. The summed E-state index contributed by atoms with van der Waals surface area (Å²) in [5.74, 6) is 0. The summed E-state index contributed by atoms with van der Waals surface area (Å²) < 4.78 is 38.9. The molecule has 2 aromatic carbocycles. The summed E-state index contributed by atoms with van der Waals surface area (Å²) in [5, 5.41) is 6.49. The van der Waals surface area contributed by atoms with Crippen LogP contribution >= 0.6 is 23.3 Å². The van der Waals surface area contributed by atoms with E-state index >= 15 is 0 Å². The number of aromatic nitrogens is 1. The third kappa shape index (κ3) is 3.36. The number of rotatable bonds is 3. The van der Waals surface area contributed by atoms with Crippen LogP contribution in [0.3, 0.4) is 0 Å². The average molecular weight is 354 g/mol. The summed E-state index contributed by atoms with van der Waals surface area (Å²) in [6, 6.07) is 11.0. The van der Waals surface area contributed by atoms with Crippen LogP contribution in [0.1, 0.15) is 23.3 Å². The average Bonchev–Trinajstić information content (AvgIpc) is 2.96. The lowest BCUT2D eigenvalue weighted by atomic mass is 10.1. The quantitative estimate of drug-likeness (QED) is 0.618. The Balaban J connectivity index is 1.97. The van der Waals surface area contributed by atoms with Gasteiger partial charge >= 0.3 is 6.18 Å². The highest BCUT2D eigenvalue weighted by molar-refractivity contribution is 7.97. The standard InChI is InChI=1S/C16H13F3N2S2/c1-9(23-20)11-4-7-13-14(8-11)22-15(21-13)10-2-5-12(6-3-10)16(17,18)19/h2-9H,20H2,1H3. The third-order valence-corrected chi connectivity index (χ3v) is 5.29. The van der Waals surface area contributed by atoms with E-state index < -0.39 is 11.7 Å². The van der Waals surface area contributed by atoms with Crippen LogP contribution in [0.5, 0.6) is 0 Å². The number of hydrogen-bond donors (Lipinski definition) is 1. The van der Waals surface area contributed by atoms with Crippen LogP contribution in [-0.4, -0.2) is 4.98 Å². The molecule has 0 amide bonds. The molecule has 1 atom stereocenters. The molecule has 0 aliphatic rings. The normalized spacial score (nSPS) is 13.4. The molecule has 2 N–H and O–H groups in total. The van der Waals surface area contributed by atoms with E-state index in [1.165, 1.54) is 35.4 Å². The molecule has 0 bridgehead atoms. The van der Waals surface area contributed by atoms with Crippen molar-refractivity contribution in [2.24, 2.45) is 5.14 Å². The van der Waals surface area contributed by atoms with Crippen LogP contribution in [0.15, 0.2) is 42.5 Å². The third-order valence-electron chi connectivity index (χ3n) is 3.55. The minimum atomic E-state index is -4.32. The maximum absolute atomic E-state index is 12.6. The first-order valence-electron chi connectivity index (χ1n) is 6.82. The molecule has 1 unspecified atom stereocenters. The van der Waals surface area contributed by atoms with Crippen LogP contribution in [0, 0.1) is 0 Å². The van der Waals surface area contributed by atoms with Gasteiger partial charge < -0.3 is 0 Å². The Morgan fingerprint density at radius 3 is 2.43 bits per heavy atom. The molecule has 0 aliphatic carbocycles. The molecule has 0 saturated heterocycles. The lowest BCUT2D eigenvalue weighted by Gasteiger charge is -2.06. The van der Waals surface area contributed by atoms with Gasteiger partial charge in [-0.25, -0.2) is 4.98 Å². The Morgan fingerprint density at radius 1 is 1.13 bits per heavy atom. The molecule has 1 heterocycles. The number of alkyl halides is 3. The van der Waals surface area contributed by atoms with E-state index in [2.05, 4.69) is 4.98 Å². The predicted octanol–water partition coefficient (Wildman–Crippen LogP) is 5.65. The fourth-order valence-corrected chi connectivity index (χ4v) is 3.52. The molecule has 3 rings (SSSR count). The number of nitrogens with zero attached hydrogens (tertiary/aromatic N) is 1. The van der Waals surface area contributed by atoms with Gasteiger partial charge in [0.25, 0.3) is 0 Å². The van der Waals surface area contributed by atoms with Crippen LogP contribution < -0.4 is 5.14 Å². The number of thiazole rings is 1. The highest BCUT2D eigenvalue weighted by Crippen LogP contribution is 2.35. The highest BCUT2D eigenvalue weighted by Gasteiger charge is 2.30. The van der Waals surface area contributed by atoms with E-state index in [4.69, 9.17) is 5.14 Å². The molecule has 0 radical (unpaired) electrons. The van der Waals surface area contributed by atoms with Crippen molar-refractivity contribution >= 4 is 33.5 Å². The van der Waals surface area contributed by atoms with Crippen molar-refractivity contribution in [1.29, 1.82) is 0 Å². The maximum atomic E-state index is 12.6. The highest BCUT2D eigenvalue weighted by atomic mass is 32.2. The van der Waals surface area contributed by atoms with Crippen LogP contribution in [-0.2, 0) is 6.18 Å². The minimum absolute atomic E-state index is 0.177. The van der Waals surface area contributed by atoms with Crippen LogP contribution in [0.4, 0.5) is 13.2 Å². The molecule has 0 aliphatic heterocycles. The van der Waals surface area contributed by atoms with Crippen molar-refractivity contribution in [2.45, 2.75) is 18.3 Å². The molecular formula is C16H13F3N2S2. The second-order valence-corrected chi connectivity index (χ2v) is 7.11. The minimum Gasteiger partial charge on any atom is -0.277 e. The van der Waals surface area contributed by atoms with Gasteiger partial charge in [-0.15, -0.1) is 11.3 Å². The molecule has 120 valence electrons. The molecule has 0 fully saturated rings. The molecule has 7 heteroatoms.